The van der Waals surface area contributed by atoms with Crippen molar-refractivity contribution in [3.63, 3.8) is 0 Å². The van der Waals surface area contributed by atoms with Crippen LogP contribution in [0.3, 0.4) is 0 Å². The minimum absolute atomic E-state index is 0.00562. The second kappa shape index (κ2) is 7.04. The number of rotatable bonds is 6. The van der Waals surface area contributed by atoms with Crippen molar-refractivity contribution >= 4 is 17.7 Å². The van der Waals surface area contributed by atoms with Crippen molar-refractivity contribution in [2.75, 3.05) is 6.54 Å². The monoisotopic (exact) mass is 291 g/mol. The number of hydrogen-bond acceptors (Lipinski definition) is 5. The van der Waals surface area contributed by atoms with Crippen LogP contribution in [-0.4, -0.2) is 37.9 Å². The highest BCUT2D eigenvalue weighted by Crippen LogP contribution is 2.19. The van der Waals surface area contributed by atoms with Gasteiger partial charge in [-0.15, -0.1) is 5.10 Å². The zero-order chi connectivity index (χ0) is 14.4. The quantitative estimate of drug-likeness (QED) is 0.805. The van der Waals surface area contributed by atoms with Crippen LogP contribution in [0.25, 0.3) is 0 Å². The van der Waals surface area contributed by atoms with E-state index in [1.54, 1.807) is 11.7 Å². The largest absolute Gasteiger partial charge is 0.355 e. The van der Waals surface area contributed by atoms with E-state index in [1.165, 1.54) is 17.3 Å². The summed E-state index contributed by atoms with van der Waals surface area (Å²) in [5, 5.41) is 14.5. The molecule has 7 heteroatoms. The third kappa shape index (κ3) is 4.06. The number of benzene rings is 1. The lowest BCUT2D eigenvalue weighted by molar-refractivity contribution is -0.120. The molecular formula is C13H17N5OS. The smallest absolute Gasteiger partial charge is 0.233 e. The molecule has 1 aromatic carbocycles. The molecule has 0 radical (unpaired) electrons. The van der Waals surface area contributed by atoms with Gasteiger partial charge in [-0.05, 0) is 29.3 Å². The first kappa shape index (κ1) is 14.5. The van der Waals surface area contributed by atoms with Crippen LogP contribution in [0.2, 0.25) is 0 Å². The van der Waals surface area contributed by atoms with Gasteiger partial charge in [0, 0.05) is 13.6 Å². The summed E-state index contributed by atoms with van der Waals surface area (Å²) in [5.74, 6) is -0.00562. The predicted molar refractivity (Wildman–Crippen MR) is 77.3 cm³/mol. The van der Waals surface area contributed by atoms with Gasteiger partial charge in [0.15, 0.2) is 0 Å². The number of carbonyl (C=O) groups is 1. The average Bonchev–Trinajstić information content (AvgIpc) is 2.85. The van der Waals surface area contributed by atoms with E-state index in [9.17, 15) is 4.79 Å². The zero-order valence-electron chi connectivity index (χ0n) is 11.5. The van der Waals surface area contributed by atoms with Gasteiger partial charge in [-0.3, -0.25) is 4.79 Å². The van der Waals surface area contributed by atoms with Crippen LogP contribution in [-0.2, 0) is 18.3 Å². The Morgan fingerprint density at radius 2 is 2.15 bits per heavy atom. The summed E-state index contributed by atoms with van der Waals surface area (Å²) < 4.78 is 1.55. The molecule has 1 aromatic heterocycles. The van der Waals surface area contributed by atoms with E-state index >= 15 is 0 Å². The zero-order valence-corrected chi connectivity index (χ0v) is 12.3. The number of tetrazole rings is 1. The van der Waals surface area contributed by atoms with E-state index in [1.807, 2.05) is 25.1 Å². The van der Waals surface area contributed by atoms with Crippen molar-refractivity contribution in [2.45, 2.75) is 23.8 Å². The molecule has 0 aliphatic rings. The average molecular weight is 291 g/mol. The number of nitrogens with zero attached hydrogens (tertiary/aromatic N) is 4. The molecule has 106 valence electrons. The van der Waals surface area contributed by atoms with E-state index in [2.05, 4.69) is 33.0 Å². The van der Waals surface area contributed by atoms with Gasteiger partial charge in [0.2, 0.25) is 11.1 Å². The summed E-state index contributed by atoms with van der Waals surface area (Å²) in [6.45, 7) is 2.47. The highest BCUT2D eigenvalue weighted by Gasteiger charge is 2.16. The van der Waals surface area contributed by atoms with Crippen LogP contribution in [0, 0.1) is 0 Å². The maximum absolute atomic E-state index is 12.0. The Labute approximate surface area is 121 Å². The minimum Gasteiger partial charge on any atom is -0.355 e. The molecule has 0 aliphatic carbocycles. The van der Waals surface area contributed by atoms with E-state index in [-0.39, 0.29) is 11.2 Å². The molecule has 2 aromatic rings. The first-order valence-corrected chi connectivity index (χ1v) is 7.25. The third-order valence-electron chi connectivity index (χ3n) is 2.79. The highest BCUT2D eigenvalue weighted by atomic mass is 32.2. The van der Waals surface area contributed by atoms with Crippen molar-refractivity contribution in [3.8, 4) is 0 Å². The van der Waals surface area contributed by atoms with Gasteiger partial charge in [-0.25, -0.2) is 4.68 Å². The number of amides is 1. The van der Waals surface area contributed by atoms with Gasteiger partial charge in [0.1, 0.15) is 0 Å². The summed E-state index contributed by atoms with van der Waals surface area (Å²) >= 11 is 1.35. The van der Waals surface area contributed by atoms with Crippen molar-refractivity contribution < 1.29 is 4.79 Å². The van der Waals surface area contributed by atoms with Gasteiger partial charge in [0.25, 0.3) is 0 Å². The van der Waals surface area contributed by atoms with Gasteiger partial charge in [-0.2, -0.15) is 0 Å². The molecule has 0 fully saturated rings. The maximum Gasteiger partial charge on any atom is 0.233 e. The molecule has 0 spiro atoms. The van der Waals surface area contributed by atoms with Crippen molar-refractivity contribution in [1.82, 2.24) is 25.5 Å². The second-order valence-corrected chi connectivity index (χ2v) is 5.68. The van der Waals surface area contributed by atoms with Crippen LogP contribution in [0.5, 0.6) is 0 Å². The Morgan fingerprint density at radius 3 is 2.80 bits per heavy atom. The van der Waals surface area contributed by atoms with Crippen LogP contribution >= 0.6 is 11.8 Å². The molecule has 0 saturated heterocycles. The molecule has 1 N–H and O–H groups in total. The summed E-state index contributed by atoms with van der Waals surface area (Å²) in [5.41, 5.74) is 1.21. The molecule has 0 aliphatic heterocycles. The molecule has 6 nitrogen and oxygen atoms in total. The van der Waals surface area contributed by atoms with E-state index in [0.717, 1.165) is 6.42 Å². The maximum atomic E-state index is 12.0. The van der Waals surface area contributed by atoms with E-state index in [0.29, 0.717) is 11.7 Å². The summed E-state index contributed by atoms with van der Waals surface area (Å²) in [6.07, 6.45) is 0.829. The highest BCUT2D eigenvalue weighted by molar-refractivity contribution is 8.00. The van der Waals surface area contributed by atoms with Gasteiger partial charge >= 0.3 is 0 Å². The standard InChI is InChI=1S/C13H17N5OS/c1-10(20-13-15-16-17-18(13)2)12(19)14-9-8-11-6-4-3-5-7-11/h3-7,10H,8-9H2,1-2H3,(H,14,19). The lowest BCUT2D eigenvalue weighted by Gasteiger charge is -2.10. The third-order valence-corrected chi connectivity index (χ3v) is 3.91. The van der Waals surface area contributed by atoms with Crippen LogP contribution < -0.4 is 5.32 Å². The van der Waals surface area contributed by atoms with E-state index in [4.69, 9.17) is 0 Å². The fourth-order valence-electron chi connectivity index (χ4n) is 1.65. The van der Waals surface area contributed by atoms with Crippen molar-refractivity contribution in [2.24, 2.45) is 7.05 Å². The SMILES string of the molecule is CC(Sc1nnnn1C)C(=O)NCCc1ccccc1. The normalized spacial score (nSPS) is 12.1. The van der Waals surface area contributed by atoms with Gasteiger partial charge in [0.05, 0.1) is 5.25 Å². The number of aromatic nitrogens is 4. The minimum atomic E-state index is -0.226. The Kier molecular flexibility index (Phi) is 5.11. The molecule has 2 rings (SSSR count). The first-order chi connectivity index (χ1) is 9.66. The molecule has 20 heavy (non-hydrogen) atoms. The topological polar surface area (TPSA) is 72.7 Å². The van der Waals surface area contributed by atoms with E-state index < -0.39 is 0 Å². The predicted octanol–water partition coefficient (Wildman–Crippen LogP) is 1.05. The molecule has 1 heterocycles. The number of aryl methyl sites for hydroxylation is 1. The van der Waals surface area contributed by atoms with Gasteiger partial charge < -0.3 is 5.32 Å². The molecular weight excluding hydrogens is 274 g/mol. The number of carbonyl (C=O) groups excluding carboxylic acids is 1. The van der Waals surface area contributed by atoms with Crippen LogP contribution in [0.15, 0.2) is 35.5 Å². The molecule has 0 bridgehead atoms. The van der Waals surface area contributed by atoms with Crippen LogP contribution in [0.4, 0.5) is 0 Å². The lowest BCUT2D eigenvalue weighted by Crippen LogP contribution is -2.32. The summed E-state index contributed by atoms with van der Waals surface area (Å²) in [7, 11) is 1.75. The molecule has 1 atom stereocenters. The summed E-state index contributed by atoms with van der Waals surface area (Å²) in [4.78, 5) is 12.0. The Hall–Kier alpha value is -1.89. The van der Waals surface area contributed by atoms with Crippen molar-refractivity contribution in [1.29, 1.82) is 0 Å². The number of hydrogen-bond donors (Lipinski definition) is 1. The van der Waals surface area contributed by atoms with Crippen LogP contribution in [0.1, 0.15) is 12.5 Å². The lowest BCUT2D eigenvalue weighted by atomic mass is 10.1. The molecule has 1 amide bonds. The number of nitrogens with one attached hydrogen (secondary N) is 1. The van der Waals surface area contributed by atoms with Gasteiger partial charge in [-0.1, -0.05) is 42.1 Å². The number of thioether (sulfide) groups is 1. The Bertz CT molecular complexity index is 557. The Balaban J connectivity index is 1.76. The summed E-state index contributed by atoms with van der Waals surface area (Å²) in [6, 6.07) is 10.1. The molecule has 1 unspecified atom stereocenters. The Morgan fingerprint density at radius 1 is 1.40 bits per heavy atom. The molecule has 0 saturated carbocycles. The second-order valence-electron chi connectivity index (χ2n) is 4.37. The van der Waals surface area contributed by atoms with Crippen molar-refractivity contribution in [3.05, 3.63) is 35.9 Å². The first-order valence-electron chi connectivity index (χ1n) is 6.37. The fraction of sp³-hybridized carbons (Fsp3) is 0.385. The fourth-order valence-corrected chi connectivity index (χ4v) is 2.43.